The maximum absolute atomic E-state index is 11.0. The van der Waals surface area contributed by atoms with Crippen molar-refractivity contribution in [1.82, 2.24) is 0 Å². The number of benzene rings is 1. The van der Waals surface area contributed by atoms with Crippen molar-refractivity contribution in [3.05, 3.63) is 29.3 Å². The van der Waals surface area contributed by atoms with E-state index in [1.54, 1.807) is 12.1 Å². The summed E-state index contributed by atoms with van der Waals surface area (Å²) in [5, 5.41) is 9.03. The number of carbonyl (C=O) groups is 1. The highest BCUT2D eigenvalue weighted by Gasteiger charge is 2.24. The summed E-state index contributed by atoms with van der Waals surface area (Å²) in [6.07, 6.45) is 6.42. The van der Waals surface area contributed by atoms with Gasteiger partial charge in [0.1, 0.15) is 0 Å². The maximum atomic E-state index is 11.0. The average molecular weight is 275 g/mol. The molecular weight excluding hydrogens is 250 g/mol. The van der Waals surface area contributed by atoms with Crippen LogP contribution in [0, 0.1) is 12.8 Å². The van der Waals surface area contributed by atoms with Crippen LogP contribution in [0.15, 0.2) is 18.2 Å². The molecule has 1 aliphatic rings. The highest BCUT2D eigenvalue weighted by Crippen LogP contribution is 2.32. The molecule has 0 spiro atoms. The normalized spacial score (nSPS) is 22.6. The SMILES string of the molecule is CCC1CCC(N(C)c2ccc(C(=O)O)cc2C)CC1. The maximum Gasteiger partial charge on any atom is 0.335 e. The Morgan fingerprint density at radius 2 is 1.95 bits per heavy atom. The molecule has 20 heavy (non-hydrogen) atoms. The van der Waals surface area contributed by atoms with Crippen LogP contribution >= 0.6 is 0 Å². The van der Waals surface area contributed by atoms with Crippen molar-refractivity contribution >= 4 is 11.7 Å². The van der Waals surface area contributed by atoms with Gasteiger partial charge in [0.15, 0.2) is 0 Å². The van der Waals surface area contributed by atoms with Crippen molar-refractivity contribution in [2.45, 2.75) is 52.0 Å². The first-order valence-electron chi connectivity index (χ1n) is 7.59. The molecule has 1 aromatic rings. The Balaban J connectivity index is 2.09. The molecule has 0 amide bonds. The van der Waals surface area contributed by atoms with E-state index in [4.69, 9.17) is 5.11 Å². The van der Waals surface area contributed by atoms with Crippen LogP contribution in [0.4, 0.5) is 5.69 Å². The van der Waals surface area contributed by atoms with Crippen LogP contribution < -0.4 is 4.90 Å². The number of nitrogens with zero attached hydrogens (tertiary/aromatic N) is 1. The molecule has 0 aromatic heterocycles. The van der Waals surface area contributed by atoms with Gasteiger partial charge in [0.2, 0.25) is 0 Å². The van der Waals surface area contributed by atoms with Crippen molar-refractivity contribution in [3.8, 4) is 0 Å². The van der Waals surface area contributed by atoms with Gasteiger partial charge in [-0.2, -0.15) is 0 Å². The molecule has 1 fully saturated rings. The van der Waals surface area contributed by atoms with Crippen molar-refractivity contribution < 1.29 is 9.90 Å². The quantitative estimate of drug-likeness (QED) is 0.899. The standard InChI is InChI=1S/C17H25NO2/c1-4-13-5-8-15(9-6-13)18(3)16-10-7-14(17(19)20)11-12(16)2/h7,10-11,13,15H,4-6,8-9H2,1-3H3,(H,19,20). The minimum Gasteiger partial charge on any atom is -0.478 e. The van der Waals surface area contributed by atoms with Gasteiger partial charge in [-0.1, -0.05) is 13.3 Å². The number of carboxylic acids is 1. The average Bonchev–Trinajstić information content (AvgIpc) is 2.46. The lowest BCUT2D eigenvalue weighted by Crippen LogP contribution is -2.35. The van der Waals surface area contributed by atoms with Gasteiger partial charge in [0.05, 0.1) is 5.56 Å². The van der Waals surface area contributed by atoms with E-state index in [1.807, 2.05) is 13.0 Å². The Morgan fingerprint density at radius 3 is 2.45 bits per heavy atom. The summed E-state index contributed by atoms with van der Waals surface area (Å²) in [4.78, 5) is 13.3. The molecule has 1 aliphatic carbocycles. The first kappa shape index (κ1) is 14.9. The smallest absolute Gasteiger partial charge is 0.335 e. The molecule has 110 valence electrons. The number of anilines is 1. The third-order valence-electron chi connectivity index (χ3n) is 4.77. The molecule has 3 nitrogen and oxygen atoms in total. The number of hydrogen-bond donors (Lipinski definition) is 1. The molecule has 0 saturated heterocycles. The van der Waals surface area contributed by atoms with Crippen LogP contribution in [0.5, 0.6) is 0 Å². The second-order valence-corrected chi connectivity index (χ2v) is 6.00. The summed E-state index contributed by atoms with van der Waals surface area (Å²) < 4.78 is 0. The number of aryl methyl sites for hydroxylation is 1. The number of carboxylic acid groups (broad SMARTS) is 1. The monoisotopic (exact) mass is 275 g/mol. The molecule has 0 heterocycles. The molecule has 1 aromatic carbocycles. The summed E-state index contributed by atoms with van der Waals surface area (Å²) in [5.74, 6) is 0.0425. The predicted molar refractivity (Wildman–Crippen MR) is 82.6 cm³/mol. The third-order valence-corrected chi connectivity index (χ3v) is 4.77. The van der Waals surface area contributed by atoms with E-state index < -0.39 is 5.97 Å². The molecule has 1 saturated carbocycles. The molecule has 2 rings (SSSR count). The lowest BCUT2D eigenvalue weighted by molar-refractivity contribution is 0.0697. The van der Waals surface area contributed by atoms with E-state index in [2.05, 4.69) is 18.9 Å². The lowest BCUT2D eigenvalue weighted by Gasteiger charge is -2.36. The Hall–Kier alpha value is -1.51. The Morgan fingerprint density at radius 1 is 1.30 bits per heavy atom. The first-order chi connectivity index (χ1) is 9.52. The molecule has 3 heteroatoms. The lowest BCUT2D eigenvalue weighted by atomic mass is 9.84. The molecular formula is C17H25NO2. The van der Waals surface area contributed by atoms with Gasteiger partial charge in [0.25, 0.3) is 0 Å². The molecule has 0 aliphatic heterocycles. The molecule has 0 atom stereocenters. The Kier molecular flexibility index (Phi) is 4.69. The molecule has 0 radical (unpaired) electrons. The zero-order valence-electron chi connectivity index (χ0n) is 12.7. The zero-order chi connectivity index (χ0) is 14.7. The van der Waals surface area contributed by atoms with Gasteiger partial charge >= 0.3 is 5.97 Å². The van der Waals surface area contributed by atoms with Gasteiger partial charge in [0, 0.05) is 18.8 Å². The summed E-state index contributed by atoms with van der Waals surface area (Å²) >= 11 is 0. The third kappa shape index (κ3) is 3.14. The summed E-state index contributed by atoms with van der Waals surface area (Å²) in [6, 6.07) is 6.02. The zero-order valence-corrected chi connectivity index (χ0v) is 12.7. The van der Waals surface area contributed by atoms with Gasteiger partial charge in [-0.25, -0.2) is 4.79 Å². The van der Waals surface area contributed by atoms with E-state index in [0.717, 1.165) is 17.2 Å². The summed E-state index contributed by atoms with van der Waals surface area (Å²) in [5.41, 5.74) is 2.58. The Labute approximate surface area is 121 Å². The van der Waals surface area contributed by atoms with Crippen LogP contribution in [0.3, 0.4) is 0 Å². The number of rotatable bonds is 4. The van der Waals surface area contributed by atoms with Crippen LogP contribution in [0.2, 0.25) is 0 Å². The molecule has 0 unspecified atom stereocenters. The van der Waals surface area contributed by atoms with Gasteiger partial charge < -0.3 is 10.0 Å². The van der Waals surface area contributed by atoms with E-state index in [1.165, 1.54) is 32.1 Å². The van der Waals surface area contributed by atoms with Crippen LogP contribution in [-0.2, 0) is 0 Å². The fourth-order valence-electron chi connectivity index (χ4n) is 3.32. The van der Waals surface area contributed by atoms with E-state index in [-0.39, 0.29) is 0 Å². The second-order valence-electron chi connectivity index (χ2n) is 6.00. The molecule has 0 bridgehead atoms. The van der Waals surface area contributed by atoms with E-state index in [0.29, 0.717) is 11.6 Å². The highest BCUT2D eigenvalue weighted by atomic mass is 16.4. The fourth-order valence-corrected chi connectivity index (χ4v) is 3.32. The minimum absolute atomic E-state index is 0.370. The van der Waals surface area contributed by atoms with Crippen LogP contribution in [0.25, 0.3) is 0 Å². The van der Waals surface area contributed by atoms with Crippen molar-refractivity contribution in [2.24, 2.45) is 5.92 Å². The van der Waals surface area contributed by atoms with Crippen molar-refractivity contribution in [1.29, 1.82) is 0 Å². The van der Waals surface area contributed by atoms with Gasteiger partial charge in [-0.05, 0) is 62.3 Å². The van der Waals surface area contributed by atoms with Gasteiger partial charge in [-0.3, -0.25) is 0 Å². The summed E-state index contributed by atoms with van der Waals surface area (Å²) in [7, 11) is 2.14. The summed E-state index contributed by atoms with van der Waals surface area (Å²) in [6.45, 7) is 4.28. The van der Waals surface area contributed by atoms with Crippen molar-refractivity contribution in [2.75, 3.05) is 11.9 Å². The van der Waals surface area contributed by atoms with E-state index >= 15 is 0 Å². The Bertz CT molecular complexity index is 476. The predicted octanol–water partition coefficient (Wildman–Crippen LogP) is 4.10. The second kappa shape index (κ2) is 6.29. The number of aromatic carboxylic acids is 1. The van der Waals surface area contributed by atoms with Crippen molar-refractivity contribution in [3.63, 3.8) is 0 Å². The van der Waals surface area contributed by atoms with E-state index in [9.17, 15) is 4.79 Å². The minimum atomic E-state index is -0.856. The first-order valence-corrected chi connectivity index (χ1v) is 7.59. The molecule has 1 N–H and O–H groups in total. The highest BCUT2D eigenvalue weighted by molar-refractivity contribution is 5.88. The number of hydrogen-bond acceptors (Lipinski definition) is 2. The van der Waals surface area contributed by atoms with Gasteiger partial charge in [-0.15, -0.1) is 0 Å². The van der Waals surface area contributed by atoms with Crippen LogP contribution in [-0.4, -0.2) is 24.2 Å². The largest absolute Gasteiger partial charge is 0.478 e. The van der Waals surface area contributed by atoms with Crippen LogP contribution in [0.1, 0.15) is 54.9 Å². The fraction of sp³-hybridized carbons (Fsp3) is 0.588. The topological polar surface area (TPSA) is 40.5 Å².